The van der Waals surface area contributed by atoms with E-state index in [0.717, 1.165) is 0 Å². The maximum absolute atomic E-state index is 12.0. The summed E-state index contributed by atoms with van der Waals surface area (Å²) in [6.45, 7) is 4.56. The first-order valence-electron chi connectivity index (χ1n) is 5.65. The van der Waals surface area contributed by atoms with Crippen LogP contribution in [0.3, 0.4) is 0 Å². The molecule has 0 radical (unpaired) electrons. The Morgan fingerprint density at radius 2 is 2.00 bits per heavy atom. The van der Waals surface area contributed by atoms with E-state index in [1.54, 1.807) is 24.4 Å². The van der Waals surface area contributed by atoms with E-state index >= 15 is 0 Å². The molecule has 0 aliphatic rings. The van der Waals surface area contributed by atoms with Crippen molar-refractivity contribution in [2.75, 3.05) is 18.8 Å². The van der Waals surface area contributed by atoms with Gasteiger partial charge in [-0.05, 0) is 12.1 Å². The number of aromatic nitrogens is 1. The fourth-order valence-corrected chi connectivity index (χ4v) is 3.25. The predicted octanol–water partition coefficient (Wildman–Crippen LogP) is 0.753. The molecule has 6 heteroatoms. The second kappa shape index (κ2) is 6.09. The topological polar surface area (TPSA) is 76.3 Å². The van der Waals surface area contributed by atoms with Crippen molar-refractivity contribution in [3.8, 4) is 0 Å². The van der Waals surface area contributed by atoms with Crippen LogP contribution in [0.15, 0.2) is 24.4 Å². The molecule has 1 atom stereocenters. The average molecular weight is 257 g/mol. The molecule has 0 saturated carbocycles. The van der Waals surface area contributed by atoms with Gasteiger partial charge < -0.3 is 5.73 Å². The normalized spacial score (nSPS) is 13.9. The van der Waals surface area contributed by atoms with Gasteiger partial charge in [0.2, 0.25) is 10.0 Å². The van der Waals surface area contributed by atoms with Crippen molar-refractivity contribution < 1.29 is 8.42 Å². The third kappa shape index (κ3) is 3.76. The molecule has 0 fully saturated rings. The molecular formula is C11H19N3O2S. The van der Waals surface area contributed by atoms with Crippen molar-refractivity contribution in [2.45, 2.75) is 19.9 Å². The second-order valence-corrected chi connectivity index (χ2v) is 5.74. The Morgan fingerprint density at radius 1 is 1.35 bits per heavy atom. The van der Waals surface area contributed by atoms with E-state index in [1.165, 1.54) is 4.31 Å². The highest BCUT2D eigenvalue weighted by atomic mass is 32.2. The molecule has 0 spiro atoms. The molecule has 0 amide bonds. The lowest BCUT2D eigenvalue weighted by Gasteiger charge is -2.20. The van der Waals surface area contributed by atoms with Crippen molar-refractivity contribution in [1.29, 1.82) is 0 Å². The van der Waals surface area contributed by atoms with Crippen LogP contribution < -0.4 is 5.73 Å². The van der Waals surface area contributed by atoms with Gasteiger partial charge in [0.05, 0.1) is 17.5 Å². The molecule has 5 nitrogen and oxygen atoms in total. The molecule has 1 heterocycles. The van der Waals surface area contributed by atoms with Crippen LogP contribution in [0.2, 0.25) is 0 Å². The first kappa shape index (κ1) is 14.1. The lowest BCUT2D eigenvalue weighted by atomic mass is 10.2. The SMILES string of the molecule is CCN(CC)S(=O)(=O)CC(N)c1ccccn1. The molecule has 1 unspecified atom stereocenters. The fraction of sp³-hybridized carbons (Fsp3) is 0.545. The van der Waals surface area contributed by atoms with Crippen LogP contribution in [-0.2, 0) is 10.0 Å². The molecule has 2 N–H and O–H groups in total. The van der Waals surface area contributed by atoms with Crippen molar-refractivity contribution in [1.82, 2.24) is 9.29 Å². The van der Waals surface area contributed by atoms with Crippen LogP contribution >= 0.6 is 0 Å². The predicted molar refractivity (Wildman–Crippen MR) is 67.9 cm³/mol. The Bertz CT molecular complexity index is 429. The molecule has 0 bridgehead atoms. The molecule has 0 aliphatic heterocycles. The van der Waals surface area contributed by atoms with Gasteiger partial charge in [-0.1, -0.05) is 19.9 Å². The Kier molecular flexibility index (Phi) is 5.04. The monoisotopic (exact) mass is 257 g/mol. The van der Waals surface area contributed by atoms with Crippen LogP contribution in [-0.4, -0.2) is 36.5 Å². The average Bonchev–Trinajstić information content (AvgIpc) is 2.30. The van der Waals surface area contributed by atoms with Crippen molar-refractivity contribution in [3.63, 3.8) is 0 Å². The fourth-order valence-electron chi connectivity index (χ4n) is 1.63. The highest BCUT2D eigenvalue weighted by molar-refractivity contribution is 7.89. The molecule has 96 valence electrons. The Morgan fingerprint density at radius 3 is 2.47 bits per heavy atom. The summed E-state index contributed by atoms with van der Waals surface area (Å²) < 4.78 is 25.4. The van der Waals surface area contributed by atoms with Crippen LogP contribution in [0.1, 0.15) is 25.6 Å². The number of nitrogens with zero attached hydrogens (tertiary/aromatic N) is 2. The van der Waals surface area contributed by atoms with Gasteiger partial charge in [-0.25, -0.2) is 12.7 Å². The molecule has 0 aromatic carbocycles. The largest absolute Gasteiger partial charge is 0.322 e. The third-order valence-electron chi connectivity index (χ3n) is 2.56. The van der Waals surface area contributed by atoms with Gasteiger partial charge in [-0.3, -0.25) is 4.98 Å². The number of pyridine rings is 1. The van der Waals surface area contributed by atoms with Crippen LogP contribution in [0.5, 0.6) is 0 Å². The van der Waals surface area contributed by atoms with E-state index in [-0.39, 0.29) is 5.75 Å². The Hall–Kier alpha value is -0.980. The molecule has 0 saturated heterocycles. The maximum Gasteiger partial charge on any atom is 0.216 e. The number of hydrogen-bond donors (Lipinski definition) is 1. The molecule has 0 aliphatic carbocycles. The molecule has 1 aromatic rings. The van der Waals surface area contributed by atoms with E-state index in [4.69, 9.17) is 5.73 Å². The summed E-state index contributed by atoms with van der Waals surface area (Å²) in [7, 11) is -3.30. The zero-order chi connectivity index (χ0) is 12.9. The summed E-state index contributed by atoms with van der Waals surface area (Å²) in [6, 6.07) is 4.73. The summed E-state index contributed by atoms with van der Waals surface area (Å²) in [5.74, 6) is -0.105. The first-order chi connectivity index (χ1) is 8.01. The minimum Gasteiger partial charge on any atom is -0.322 e. The zero-order valence-corrected chi connectivity index (χ0v) is 11.0. The number of sulfonamides is 1. The minimum atomic E-state index is -3.30. The van der Waals surface area contributed by atoms with E-state index in [0.29, 0.717) is 18.8 Å². The van der Waals surface area contributed by atoms with Crippen LogP contribution in [0, 0.1) is 0 Å². The van der Waals surface area contributed by atoms with Crippen LogP contribution in [0.4, 0.5) is 0 Å². The smallest absolute Gasteiger partial charge is 0.216 e. The van der Waals surface area contributed by atoms with E-state index in [2.05, 4.69) is 4.98 Å². The molecule has 1 aromatic heterocycles. The van der Waals surface area contributed by atoms with Gasteiger partial charge in [0.15, 0.2) is 0 Å². The first-order valence-corrected chi connectivity index (χ1v) is 7.26. The zero-order valence-electron chi connectivity index (χ0n) is 10.2. The van der Waals surface area contributed by atoms with E-state index < -0.39 is 16.1 Å². The highest BCUT2D eigenvalue weighted by Crippen LogP contribution is 2.12. The Balaban J connectivity index is 2.78. The summed E-state index contributed by atoms with van der Waals surface area (Å²) in [5.41, 5.74) is 6.46. The molecular weight excluding hydrogens is 238 g/mol. The van der Waals surface area contributed by atoms with E-state index in [1.807, 2.05) is 13.8 Å². The standard InChI is InChI=1S/C11H19N3O2S/c1-3-14(4-2)17(15,16)9-10(12)11-7-5-6-8-13-11/h5-8,10H,3-4,9,12H2,1-2H3. The van der Waals surface area contributed by atoms with Crippen molar-refractivity contribution in [2.24, 2.45) is 5.73 Å². The lowest BCUT2D eigenvalue weighted by Crippen LogP contribution is -2.36. The second-order valence-electron chi connectivity index (χ2n) is 3.72. The highest BCUT2D eigenvalue weighted by Gasteiger charge is 2.23. The van der Waals surface area contributed by atoms with Gasteiger partial charge in [0.25, 0.3) is 0 Å². The summed E-state index contributed by atoms with van der Waals surface area (Å²) in [6.07, 6.45) is 1.61. The Labute approximate surface area is 103 Å². The van der Waals surface area contributed by atoms with Gasteiger partial charge >= 0.3 is 0 Å². The van der Waals surface area contributed by atoms with E-state index in [9.17, 15) is 8.42 Å². The van der Waals surface area contributed by atoms with Gasteiger partial charge in [-0.15, -0.1) is 0 Å². The number of rotatable bonds is 6. The molecule has 17 heavy (non-hydrogen) atoms. The minimum absolute atomic E-state index is 0.105. The maximum atomic E-state index is 12.0. The molecule has 1 rings (SSSR count). The van der Waals surface area contributed by atoms with Gasteiger partial charge in [0, 0.05) is 19.3 Å². The number of hydrogen-bond acceptors (Lipinski definition) is 4. The van der Waals surface area contributed by atoms with Gasteiger partial charge in [-0.2, -0.15) is 0 Å². The number of nitrogens with two attached hydrogens (primary N) is 1. The lowest BCUT2D eigenvalue weighted by molar-refractivity contribution is 0.441. The summed E-state index contributed by atoms with van der Waals surface area (Å²) in [4.78, 5) is 4.07. The van der Waals surface area contributed by atoms with Crippen LogP contribution in [0.25, 0.3) is 0 Å². The summed E-state index contributed by atoms with van der Waals surface area (Å²) >= 11 is 0. The third-order valence-corrected chi connectivity index (χ3v) is 4.64. The van der Waals surface area contributed by atoms with Crippen molar-refractivity contribution >= 4 is 10.0 Å². The van der Waals surface area contributed by atoms with Crippen molar-refractivity contribution in [3.05, 3.63) is 30.1 Å². The summed E-state index contributed by atoms with van der Waals surface area (Å²) in [5, 5.41) is 0. The quantitative estimate of drug-likeness (QED) is 0.816. The van der Waals surface area contributed by atoms with Gasteiger partial charge in [0.1, 0.15) is 0 Å².